The molecule has 0 aromatic heterocycles. The van der Waals surface area contributed by atoms with Crippen molar-refractivity contribution < 1.29 is 23.8 Å². The molecule has 2 aromatic carbocycles. The molecule has 0 saturated heterocycles. The second kappa shape index (κ2) is 10.8. The van der Waals surface area contributed by atoms with Crippen molar-refractivity contribution in [2.45, 2.75) is 24.8 Å². The van der Waals surface area contributed by atoms with Gasteiger partial charge in [0.2, 0.25) is 5.91 Å². The summed E-state index contributed by atoms with van der Waals surface area (Å²) in [5.41, 5.74) is 1.49. The molecular formula is C21H25FN2O4S. The molecule has 0 aliphatic heterocycles. The van der Waals surface area contributed by atoms with Gasteiger partial charge >= 0.3 is 6.09 Å². The number of carbonyl (C=O) groups excluding carboxylic acids is 2. The molecule has 1 unspecified atom stereocenters. The number of carbonyl (C=O) groups is 2. The number of hydrogen-bond acceptors (Lipinski definition) is 5. The molecule has 8 heteroatoms. The number of halogens is 1. The lowest BCUT2D eigenvalue weighted by atomic mass is 10.0. The predicted octanol–water partition coefficient (Wildman–Crippen LogP) is 3.67. The van der Waals surface area contributed by atoms with E-state index in [1.54, 1.807) is 30.8 Å². The molecule has 1 atom stereocenters. The van der Waals surface area contributed by atoms with Crippen molar-refractivity contribution in [3.8, 4) is 11.1 Å². The summed E-state index contributed by atoms with van der Waals surface area (Å²) in [5.74, 6) is -0.818. The van der Waals surface area contributed by atoms with E-state index in [0.29, 0.717) is 11.3 Å². The summed E-state index contributed by atoms with van der Waals surface area (Å²) in [6, 6.07) is 12.0. The predicted molar refractivity (Wildman–Crippen MR) is 113 cm³/mol. The molecule has 2 aromatic rings. The summed E-state index contributed by atoms with van der Waals surface area (Å²) in [6.45, 7) is 3.03. The lowest BCUT2D eigenvalue weighted by molar-refractivity contribution is -0.116. The molecule has 0 bridgehead atoms. The van der Waals surface area contributed by atoms with Crippen LogP contribution in [-0.2, 0) is 9.53 Å². The minimum absolute atomic E-state index is 0.0923. The van der Waals surface area contributed by atoms with Gasteiger partial charge in [0.25, 0.3) is 0 Å². The Morgan fingerprint density at radius 2 is 1.93 bits per heavy atom. The van der Waals surface area contributed by atoms with Crippen molar-refractivity contribution in [3.63, 3.8) is 0 Å². The van der Waals surface area contributed by atoms with Crippen LogP contribution >= 0.6 is 11.8 Å². The van der Waals surface area contributed by atoms with Gasteiger partial charge in [-0.2, -0.15) is 0 Å². The molecule has 6 nitrogen and oxygen atoms in total. The maximum Gasteiger partial charge on any atom is 0.407 e. The average Bonchev–Trinajstić information content (AvgIpc) is 2.70. The van der Waals surface area contributed by atoms with Crippen LogP contribution in [0, 0.1) is 5.82 Å². The van der Waals surface area contributed by atoms with Gasteiger partial charge in [-0.25, -0.2) is 9.18 Å². The van der Waals surface area contributed by atoms with E-state index in [2.05, 4.69) is 5.32 Å². The van der Waals surface area contributed by atoms with Gasteiger partial charge in [-0.3, -0.25) is 4.79 Å². The molecule has 0 aliphatic rings. The summed E-state index contributed by atoms with van der Waals surface area (Å²) in [5, 5.41) is 12.5. The van der Waals surface area contributed by atoms with E-state index in [0.717, 1.165) is 10.5 Å². The number of anilines is 1. The summed E-state index contributed by atoms with van der Waals surface area (Å²) in [7, 11) is 0. The molecule has 2 amide bonds. The van der Waals surface area contributed by atoms with Crippen molar-refractivity contribution in [2.24, 2.45) is 0 Å². The number of hydrogen-bond donors (Lipinski definition) is 2. The second-order valence-electron chi connectivity index (χ2n) is 6.28. The second-order valence-corrected chi connectivity index (χ2v) is 7.16. The van der Waals surface area contributed by atoms with E-state index in [4.69, 9.17) is 4.74 Å². The van der Waals surface area contributed by atoms with Crippen LogP contribution in [0.3, 0.4) is 0 Å². The summed E-state index contributed by atoms with van der Waals surface area (Å²) in [6.07, 6.45) is 0.283. The summed E-state index contributed by atoms with van der Waals surface area (Å²) < 4.78 is 19.5. The smallest absolute Gasteiger partial charge is 0.407 e. The number of benzene rings is 2. The first-order chi connectivity index (χ1) is 13.8. The monoisotopic (exact) mass is 420 g/mol. The van der Waals surface area contributed by atoms with Crippen LogP contribution in [0.2, 0.25) is 0 Å². The normalized spacial score (nSPS) is 11.6. The van der Waals surface area contributed by atoms with Crippen molar-refractivity contribution >= 4 is 29.4 Å². The van der Waals surface area contributed by atoms with Crippen LogP contribution in [0.15, 0.2) is 47.4 Å². The van der Waals surface area contributed by atoms with E-state index in [9.17, 15) is 19.1 Å². The number of aliphatic hydroxyl groups excluding tert-OH is 1. The fraction of sp³-hybridized carbons (Fsp3) is 0.333. The molecule has 0 radical (unpaired) electrons. The van der Waals surface area contributed by atoms with E-state index in [1.807, 2.05) is 30.5 Å². The zero-order chi connectivity index (χ0) is 21.4. The van der Waals surface area contributed by atoms with Gasteiger partial charge in [-0.15, -0.1) is 11.8 Å². The lowest BCUT2D eigenvalue weighted by Gasteiger charge is -2.24. The Hall–Kier alpha value is -2.58. The first-order valence-electron chi connectivity index (χ1n) is 9.16. The molecule has 29 heavy (non-hydrogen) atoms. The number of alkyl carbamates (subject to hydrolysis) is 1. The Morgan fingerprint density at radius 3 is 2.48 bits per heavy atom. The van der Waals surface area contributed by atoms with Gasteiger partial charge < -0.3 is 20.1 Å². The highest BCUT2D eigenvalue weighted by Gasteiger charge is 2.19. The number of rotatable bonds is 8. The highest BCUT2D eigenvalue weighted by molar-refractivity contribution is 7.98. The maximum absolute atomic E-state index is 14.7. The topological polar surface area (TPSA) is 78.9 Å². The van der Waals surface area contributed by atoms with Gasteiger partial charge in [0.15, 0.2) is 0 Å². The number of nitrogens with one attached hydrogen (secondary N) is 1. The maximum atomic E-state index is 14.7. The quantitative estimate of drug-likeness (QED) is 0.637. The molecule has 0 fully saturated rings. The first-order valence-corrected chi connectivity index (χ1v) is 10.4. The number of nitrogens with zero attached hydrogens (tertiary/aromatic N) is 1. The molecule has 0 saturated carbocycles. The van der Waals surface area contributed by atoms with Gasteiger partial charge in [-0.05, 0) is 49.1 Å². The highest BCUT2D eigenvalue weighted by atomic mass is 32.2. The van der Waals surface area contributed by atoms with E-state index >= 15 is 0 Å². The van der Waals surface area contributed by atoms with Crippen LogP contribution in [0.4, 0.5) is 14.9 Å². The van der Waals surface area contributed by atoms with Crippen LogP contribution in [-0.4, -0.2) is 49.2 Å². The van der Waals surface area contributed by atoms with Crippen LogP contribution < -0.4 is 10.2 Å². The van der Waals surface area contributed by atoms with E-state index in [1.165, 1.54) is 17.9 Å². The van der Waals surface area contributed by atoms with Gasteiger partial charge in [0, 0.05) is 29.6 Å². The fourth-order valence-electron chi connectivity index (χ4n) is 2.75. The van der Waals surface area contributed by atoms with Gasteiger partial charge in [0.1, 0.15) is 5.82 Å². The third-order valence-corrected chi connectivity index (χ3v) is 4.94. The molecule has 0 aliphatic carbocycles. The third-order valence-electron chi connectivity index (χ3n) is 4.20. The van der Waals surface area contributed by atoms with Crippen molar-refractivity contribution in [1.82, 2.24) is 5.32 Å². The Bertz CT molecular complexity index is 845. The van der Waals surface area contributed by atoms with Crippen molar-refractivity contribution in [1.29, 1.82) is 0 Å². The Morgan fingerprint density at radius 1 is 1.24 bits per heavy atom. The van der Waals surface area contributed by atoms with Crippen LogP contribution in [0.25, 0.3) is 11.1 Å². The molecule has 2 N–H and O–H groups in total. The lowest BCUT2D eigenvalue weighted by Crippen LogP contribution is -2.42. The molecule has 0 spiro atoms. The Kier molecular flexibility index (Phi) is 8.48. The minimum atomic E-state index is -1.04. The first kappa shape index (κ1) is 22.7. The number of thioether (sulfide) groups is 1. The van der Waals surface area contributed by atoms with Crippen LogP contribution in [0.5, 0.6) is 0 Å². The fourth-order valence-corrected chi connectivity index (χ4v) is 3.16. The van der Waals surface area contributed by atoms with Gasteiger partial charge in [0.05, 0.1) is 19.3 Å². The molecule has 156 valence electrons. The SMILES string of the molecule is CCOC(=O)NCC(O)CN(C(C)=O)c1ccc(-c2ccc(SC)cc2)c(F)c1. The largest absolute Gasteiger partial charge is 0.450 e. The highest BCUT2D eigenvalue weighted by Crippen LogP contribution is 2.28. The number of aliphatic hydroxyl groups is 1. The number of amides is 2. The Labute approximate surface area is 174 Å². The zero-order valence-electron chi connectivity index (χ0n) is 16.6. The standard InChI is InChI=1S/C21H25FN2O4S/c1-4-28-21(27)23-12-17(26)13-24(14(2)25)16-7-10-19(20(22)11-16)15-5-8-18(29-3)9-6-15/h5-11,17,26H,4,12-13H2,1-3H3,(H,23,27). The van der Waals surface area contributed by atoms with E-state index < -0.39 is 18.0 Å². The van der Waals surface area contributed by atoms with Crippen molar-refractivity contribution in [3.05, 3.63) is 48.3 Å². The molecule has 0 heterocycles. The summed E-state index contributed by atoms with van der Waals surface area (Å²) >= 11 is 1.60. The Balaban J connectivity index is 2.13. The van der Waals surface area contributed by atoms with Crippen molar-refractivity contribution in [2.75, 3.05) is 30.9 Å². The average molecular weight is 421 g/mol. The molecule has 2 rings (SSSR count). The molecular weight excluding hydrogens is 395 g/mol. The summed E-state index contributed by atoms with van der Waals surface area (Å²) in [4.78, 5) is 25.7. The zero-order valence-corrected chi connectivity index (χ0v) is 17.5. The van der Waals surface area contributed by atoms with Gasteiger partial charge in [-0.1, -0.05) is 12.1 Å². The third kappa shape index (κ3) is 6.47. The van der Waals surface area contributed by atoms with E-state index in [-0.39, 0.29) is 25.6 Å². The number of ether oxygens (including phenoxy) is 1. The minimum Gasteiger partial charge on any atom is -0.450 e. The van der Waals surface area contributed by atoms with Crippen LogP contribution in [0.1, 0.15) is 13.8 Å².